The van der Waals surface area contributed by atoms with Gasteiger partial charge in [-0.25, -0.2) is 0 Å². The van der Waals surface area contributed by atoms with Crippen LogP contribution in [0, 0.1) is 5.92 Å². The summed E-state index contributed by atoms with van der Waals surface area (Å²) >= 11 is 3.72. The molecule has 2 aliphatic carbocycles. The average molecular weight is 515 g/mol. The van der Waals surface area contributed by atoms with Gasteiger partial charge in [-0.1, -0.05) is 6.07 Å². The molecule has 2 fully saturated rings. The molecule has 0 aliphatic heterocycles. The van der Waals surface area contributed by atoms with Crippen LogP contribution in [0.4, 0.5) is 0 Å². The fraction of sp³-hybridized carbons (Fsp3) is 0.308. The lowest BCUT2D eigenvalue weighted by Gasteiger charge is -2.13. The van der Waals surface area contributed by atoms with Gasteiger partial charge < -0.3 is 4.57 Å². The number of fused-ring (bicyclic) bond motifs is 2. The molecule has 2 saturated carbocycles. The third-order valence-corrected chi connectivity index (χ3v) is 7.50. The third kappa shape index (κ3) is 3.31. The number of aryl methyl sites for hydroxylation is 1. The Bertz CT molecular complexity index is 1640. The summed E-state index contributed by atoms with van der Waals surface area (Å²) in [5.41, 5.74) is 5.73. The highest BCUT2D eigenvalue weighted by molar-refractivity contribution is 9.10. The molecule has 0 bridgehead atoms. The number of pyridine rings is 1. The molecular formula is C26H23BrN6O. The van der Waals surface area contributed by atoms with E-state index in [-0.39, 0.29) is 5.56 Å². The van der Waals surface area contributed by atoms with Gasteiger partial charge in [-0.2, -0.15) is 14.9 Å². The molecule has 7 nitrogen and oxygen atoms in total. The molecule has 0 N–H and O–H groups in total. The SMILES string of the molecule is Cn1cc2cc(-n3nc4c(Br)cn(CC5CC5)c4c(-c4ccc(C5CC5)nc4)c3=O)ccc2n1. The molecule has 7 rings (SSSR count). The Hall–Kier alpha value is -3.26. The van der Waals surface area contributed by atoms with Crippen LogP contribution in [0.5, 0.6) is 0 Å². The number of hydrogen-bond donors (Lipinski definition) is 0. The first-order valence-corrected chi connectivity index (χ1v) is 12.6. The predicted octanol–water partition coefficient (Wildman–Crippen LogP) is 5.19. The van der Waals surface area contributed by atoms with Crippen molar-refractivity contribution in [2.24, 2.45) is 13.0 Å². The van der Waals surface area contributed by atoms with Gasteiger partial charge in [0.05, 0.1) is 26.8 Å². The Kier molecular flexibility index (Phi) is 4.37. The van der Waals surface area contributed by atoms with Gasteiger partial charge in [0.2, 0.25) is 0 Å². The van der Waals surface area contributed by atoms with E-state index in [4.69, 9.17) is 10.1 Å². The van der Waals surface area contributed by atoms with Crippen molar-refractivity contribution in [2.45, 2.75) is 38.1 Å². The highest BCUT2D eigenvalue weighted by atomic mass is 79.9. The van der Waals surface area contributed by atoms with Crippen molar-refractivity contribution in [1.82, 2.24) is 29.1 Å². The van der Waals surface area contributed by atoms with Crippen molar-refractivity contribution >= 4 is 37.9 Å². The predicted molar refractivity (Wildman–Crippen MR) is 135 cm³/mol. The number of rotatable bonds is 5. The fourth-order valence-electron chi connectivity index (χ4n) is 4.82. The van der Waals surface area contributed by atoms with Crippen LogP contribution in [0.2, 0.25) is 0 Å². The smallest absolute Gasteiger partial charge is 0.281 e. The van der Waals surface area contributed by atoms with E-state index >= 15 is 0 Å². The van der Waals surface area contributed by atoms with E-state index in [1.165, 1.54) is 30.4 Å². The first-order chi connectivity index (χ1) is 16.5. The molecule has 0 amide bonds. The van der Waals surface area contributed by atoms with E-state index in [1.54, 1.807) is 4.68 Å². The second kappa shape index (κ2) is 7.37. The van der Waals surface area contributed by atoms with E-state index in [9.17, 15) is 4.79 Å². The average Bonchev–Trinajstić information content (AvgIpc) is 3.75. The number of nitrogens with zero attached hydrogens (tertiary/aromatic N) is 6. The summed E-state index contributed by atoms with van der Waals surface area (Å²) in [5.74, 6) is 1.24. The summed E-state index contributed by atoms with van der Waals surface area (Å²) in [6, 6.07) is 9.93. The minimum Gasteiger partial charge on any atom is -0.344 e. The zero-order valence-electron chi connectivity index (χ0n) is 18.8. The monoisotopic (exact) mass is 514 g/mol. The summed E-state index contributed by atoms with van der Waals surface area (Å²) < 4.78 is 6.39. The Morgan fingerprint density at radius 1 is 1.06 bits per heavy atom. The molecule has 5 aromatic rings. The molecule has 0 saturated heterocycles. The van der Waals surface area contributed by atoms with E-state index in [0.717, 1.165) is 49.9 Å². The highest BCUT2D eigenvalue weighted by Gasteiger charge is 2.27. The van der Waals surface area contributed by atoms with Gasteiger partial charge in [0.15, 0.2) is 0 Å². The Morgan fingerprint density at radius 2 is 1.91 bits per heavy atom. The number of aromatic nitrogens is 6. The Morgan fingerprint density at radius 3 is 2.65 bits per heavy atom. The van der Waals surface area contributed by atoms with Crippen molar-refractivity contribution in [3.8, 4) is 16.8 Å². The van der Waals surface area contributed by atoms with E-state index in [2.05, 4.69) is 37.9 Å². The highest BCUT2D eigenvalue weighted by Crippen LogP contribution is 2.40. The zero-order chi connectivity index (χ0) is 23.0. The van der Waals surface area contributed by atoms with Gasteiger partial charge >= 0.3 is 0 Å². The summed E-state index contributed by atoms with van der Waals surface area (Å²) in [4.78, 5) is 18.8. The fourth-order valence-corrected chi connectivity index (χ4v) is 5.34. The summed E-state index contributed by atoms with van der Waals surface area (Å²) in [6.07, 6.45) is 10.8. The van der Waals surface area contributed by atoms with Crippen LogP contribution in [0.3, 0.4) is 0 Å². The standard InChI is InChI=1S/C26H23BrN6O/c1-31-13-18-10-19(7-9-22(18)29-31)33-26(34)23(17-6-8-21(28-11-17)16-4-5-16)25-24(30-33)20(27)14-32(25)12-15-2-3-15/h6-11,13-16H,2-5,12H2,1H3. The summed E-state index contributed by atoms with van der Waals surface area (Å²) in [7, 11) is 1.90. The lowest BCUT2D eigenvalue weighted by atomic mass is 10.1. The largest absolute Gasteiger partial charge is 0.344 e. The maximum absolute atomic E-state index is 14.0. The van der Waals surface area contributed by atoms with Crippen molar-refractivity contribution in [2.75, 3.05) is 0 Å². The molecule has 0 atom stereocenters. The van der Waals surface area contributed by atoms with Crippen molar-refractivity contribution < 1.29 is 0 Å². The molecule has 4 aromatic heterocycles. The first-order valence-electron chi connectivity index (χ1n) is 11.8. The second-order valence-electron chi connectivity index (χ2n) is 9.65. The number of benzene rings is 1. The van der Waals surface area contributed by atoms with Gasteiger partial charge in [0, 0.05) is 54.7 Å². The molecule has 0 radical (unpaired) electrons. The van der Waals surface area contributed by atoms with E-state index in [0.29, 0.717) is 17.4 Å². The normalized spacial score (nSPS) is 16.1. The minimum absolute atomic E-state index is 0.139. The Labute approximate surface area is 204 Å². The van der Waals surface area contributed by atoms with Gasteiger partial charge in [-0.15, -0.1) is 0 Å². The number of halogens is 1. The third-order valence-electron chi connectivity index (χ3n) is 6.92. The van der Waals surface area contributed by atoms with Gasteiger partial charge in [0.25, 0.3) is 5.56 Å². The molecule has 4 heterocycles. The summed E-state index contributed by atoms with van der Waals surface area (Å²) in [6.45, 7) is 0.898. The summed E-state index contributed by atoms with van der Waals surface area (Å²) in [5, 5.41) is 10.3. The molecule has 0 unspecified atom stereocenters. The van der Waals surface area contributed by atoms with Crippen molar-refractivity contribution in [1.29, 1.82) is 0 Å². The van der Waals surface area contributed by atoms with Crippen LogP contribution in [-0.2, 0) is 13.6 Å². The van der Waals surface area contributed by atoms with Gasteiger partial charge in [-0.3, -0.25) is 14.5 Å². The van der Waals surface area contributed by atoms with Crippen molar-refractivity contribution in [3.05, 3.63) is 69.4 Å². The molecule has 170 valence electrons. The first kappa shape index (κ1) is 20.1. The Balaban J connectivity index is 1.48. The molecule has 0 spiro atoms. The van der Waals surface area contributed by atoms with Crippen LogP contribution in [0.1, 0.15) is 37.3 Å². The maximum atomic E-state index is 14.0. The van der Waals surface area contributed by atoms with E-state index in [1.807, 2.05) is 43.7 Å². The van der Waals surface area contributed by atoms with Crippen molar-refractivity contribution in [3.63, 3.8) is 0 Å². The van der Waals surface area contributed by atoms with Crippen LogP contribution in [0.25, 0.3) is 38.8 Å². The maximum Gasteiger partial charge on any atom is 0.281 e. The van der Waals surface area contributed by atoms with E-state index < -0.39 is 0 Å². The zero-order valence-corrected chi connectivity index (χ0v) is 20.4. The minimum atomic E-state index is -0.139. The molecule has 8 heteroatoms. The quantitative estimate of drug-likeness (QED) is 0.323. The number of hydrogen-bond acceptors (Lipinski definition) is 4. The van der Waals surface area contributed by atoms with Crippen LogP contribution >= 0.6 is 15.9 Å². The molecule has 1 aromatic carbocycles. The van der Waals surface area contributed by atoms with Gasteiger partial charge in [0.1, 0.15) is 5.52 Å². The van der Waals surface area contributed by atoms with Crippen LogP contribution in [-0.4, -0.2) is 29.1 Å². The lowest BCUT2D eigenvalue weighted by molar-refractivity contribution is 0.646. The lowest BCUT2D eigenvalue weighted by Crippen LogP contribution is -2.24. The molecule has 2 aliphatic rings. The van der Waals surface area contributed by atoms with Gasteiger partial charge in [-0.05, 0) is 71.8 Å². The molecular weight excluding hydrogens is 492 g/mol. The molecule has 34 heavy (non-hydrogen) atoms. The second-order valence-corrected chi connectivity index (χ2v) is 10.5. The van der Waals surface area contributed by atoms with Crippen LogP contribution < -0.4 is 5.56 Å². The topological polar surface area (TPSA) is 70.5 Å². The van der Waals surface area contributed by atoms with Crippen LogP contribution in [0.15, 0.2) is 58.2 Å².